The molecule has 5 heteroatoms. The maximum absolute atomic E-state index is 11.0. The molecular weight excluding hydrogens is 264 g/mol. The number of carbonyl (C=O) groups is 1. The van der Waals surface area contributed by atoms with E-state index in [1.807, 2.05) is 19.1 Å². The van der Waals surface area contributed by atoms with Crippen molar-refractivity contribution in [2.45, 2.75) is 6.92 Å². The molecule has 0 atom stereocenters. The predicted octanol–water partition coefficient (Wildman–Crippen LogP) is 3.67. The van der Waals surface area contributed by atoms with Crippen LogP contribution in [0.2, 0.25) is 5.02 Å². The highest BCUT2D eigenvalue weighted by molar-refractivity contribution is 6.33. The first-order valence-corrected chi connectivity index (χ1v) is 6.02. The second-order valence-corrected chi connectivity index (χ2v) is 4.59. The zero-order valence-electron chi connectivity index (χ0n) is 10.3. The Morgan fingerprint density at radius 1 is 1.26 bits per heavy atom. The van der Waals surface area contributed by atoms with Gasteiger partial charge < -0.3 is 16.2 Å². The van der Waals surface area contributed by atoms with E-state index in [4.69, 9.17) is 22.4 Å². The van der Waals surface area contributed by atoms with Gasteiger partial charge in [-0.1, -0.05) is 23.7 Å². The van der Waals surface area contributed by atoms with Crippen LogP contribution < -0.4 is 11.1 Å². The highest BCUT2D eigenvalue weighted by Crippen LogP contribution is 2.30. The van der Waals surface area contributed by atoms with E-state index in [1.54, 1.807) is 18.2 Å². The van der Waals surface area contributed by atoms with Crippen molar-refractivity contribution in [2.75, 3.05) is 11.1 Å². The number of hydrogen-bond donors (Lipinski definition) is 3. The molecule has 0 saturated heterocycles. The van der Waals surface area contributed by atoms with Gasteiger partial charge in [-0.25, -0.2) is 4.79 Å². The lowest BCUT2D eigenvalue weighted by atomic mass is 10.1. The van der Waals surface area contributed by atoms with E-state index in [-0.39, 0.29) is 11.3 Å². The lowest BCUT2D eigenvalue weighted by Gasteiger charge is -2.13. The number of aryl methyl sites for hydroxylation is 1. The van der Waals surface area contributed by atoms with Crippen molar-refractivity contribution in [3.05, 3.63) is 52.5 Å². The number of nitrogens with one attached hydrogen (secondary N) is 1. The van der Waals surface area contributed by atoms with Gasteiger partial charge in [0.2, 0.25) is 0 Å². The predicted molar refractivity (Wildman–Crippen MR) is 77.3 cm³/mol. The van der Waals surface area contributed by atoms with E-state index < -0.39 is 5.97 Å². The average Bonchev–Trinajstić information content (AvgIpc) is 2.36. The number of carboxylic acids is 1. The molecule has 0 aliphatic carbocycles. The van der Waals surface area contributed by atoms with E-state index in [0.717, 1.165) is 5.56 Å². The highest BCUT2D eigenvalue weighted by atomic mass is 35.5. The SMILES string of the molecule is Cc1ccc(Cl)c(Nc2cccc(C(=O)O)c2N)c1. The third-order valence-corrected chi connectivity index (χ3v) is 3.06. The Labute approximate surface area is 115 Å². The number of nitrogen functional groups attached to an aromatic ring is 1. The van der Waals surface area contributed by atoms with Gasteiger partial charge in [0.25, 0.3) is 0 Å². The summed E-state index contributed by atoms with van der Waals surface area (Å²) in [5.74, 6) is -1.06. The van der Waals surface area contributed by atoms with Crippen molar-refractivity contribution >= 4 is 34.6 Å². The van der Waals surface area contributed by atoms with Crippen molar-refractivity contribution in [1.29, 1.82) is 0 Å². The number of aromatic carboxylic acids is 1. The molecule has 0 saturated carbocycles. The zero-order chi connectivity index (χ0) is 14.0. The molecule has 2 aromatic rings. The number of hydrogen-bond acceptors (Lipinski definition) is 3. The minimum Gasteiger partial charge on any atom is -0.478 e. The molecule has 2 aromatic carbocycles. The number of nitrogens with two attached hydrogens (primary N) is 1. The van der Waals surface area contributed by atoms with Crippen LogP contribution in [0.5, 0.6) is 0 Å². The van der Waals surface area contributed by atoms with Gasteiger partial charge in [-0.3, -0.25) is 0 Å². The molecule has 0 aromatic heterocycles. The lowest BCUT2D eigenvalue weighted by molar-refractivity contribution is 0.0698. The molecule has 2 rings (SSSR count). The van der Waals surface area contributed by atoms with E-state index in [9.17, 15) is 4.79 Å². The standard InChI is InChI=1S/C14H13ClN2O2/c1-8-5-6-10(15)12(7-8)17-11-4-2-3-9(13(11)16)14(18)19/h2-7,17H,16H2,1H3,(H,18,19). The third-order valence-electron chi connectivity index (χ3n) is 2.73. The van der Waals surface area contributed by atoms with Gasteiger partial charge in [-0.05, 0) is 36.8 Å². The zero-order valence-corrected chi connectivity index (χ0v) is 11.0. The Morgan fingerprint density at radius 2 is 2.00 bits per heavy atom. The van der Waals surface area contributed by atoms with Crippen LogP contribution in [0.4, 0.5) is 17.1 Å². The number of halogens is 1. The molecule has 0 unspecified atom stereocenters. The molecule has 0 spiro atoms. The number of rotatable bonds is 3. The summed E-state index contributed by atoms with van der Waals surface area (Å²) in [6.07, 6.45) is 0. The van der Waals surface area contributed by atoms with E-state index in [0.29, 0.717) is 16.4 Å². The summed E-state index contributed by atoms with van der Waals surface area (Å²) < 4.78 is 0. The van der Waals surface area contributed by atoms with Crippen molar-refractivity contribution in [2.24, 2.45) is 0 Å². The molecule has 0 aliphatic heterocycles. The van der Waals surface area contributed by atoms with Crippen molar-refractivity contribution < 1.29 is 9.90 Å². The Hall–Kier alpha value is -2.20. The maximum Gasteiger partial charge on any atom is 0.337 e. The van der Waals surface area contributed by atoms with Crippen molar-refractivity contribution in [3.8, 4) is 0 Å². The lowest BCUT2D eigenvalue weighted by Crippen LogP contribution is -2.05. The van der Waals surface area contributed by atoms with E-state index in [1.165, 1.54) is 6.07 Å². The summed E-state index contributed by atoms with van der Waals surface area (Å²) in [7, 11) is 0. The summed E-state index contributed by atoms with van der Waals surface area (Å²) in [6, 6.07) is 10.3. The summed E-state index contributed by atoms with van der Waals surface area (Å²) in [6.45, 7) is 1.94. The number of carboxylic acid groups (broad SMARTS) is 1. The second kappa shape index (κ2) is 5.20. The minimum atomic E-state index is -1.06. The van der Waals surface area contributed by atoms with Crippen LogP contribution in [0.1, 0.15) is 15.9 Å². The van der Waals surface area contributed by atoms with E-state index >= 15 is 0 Å². The Morgan fingerprint density at radius 3 is 2.68 bits per heavy atom. The van der Waals surface area contributed by atoms with Crippen LogP contribution in [0.15, 0.2) is 36.4 Å². The molecule has 98 valence electrons. The normalized spacial score (nSPS) is 10.2. The van der Waals surface area contributed by atoms with Gasteiger partial charge in [0.15, 0.2) is 0 Å². The fraction of sp³-hybridized carbons (Fsp3) is 0.0714. The Kier molecular flexibility index (Phi) is 3.62. The fourth-order valence-electron chi connectivity index (χ4n) is 1.74. The quantitative estimate of drug-likeness (QED) is 0.748. The number of benzene rings is 2. The number of para-hydroxylation sites is 1. The molecule has 4 N–H and O–H groups in total. The third kappa shape index (κ3) is 2.80. The van der Waals surface area contributed by atoms with Crippen molar-refractivity contribution in [1.82, 2.24) is 0 Å². The molecule has 0 fully saturated rings. The number of anilines is 3. The van der Waals surface area contributed by atoms with Crippen LogP contribution >= 0.6 is 11.6 Å². The monoisotopic (exact) mass is 276 g/mol. The van der Waals surface area contributed by atoms with Gasteiger partial charge in [-0.2, -0.15) is 0 Å². The van der Waals surface area contributed by atoms with Gasteiger partial charge in [0, 0.05) is 0 Å². The van der Waals surface area contributed by atoms with Gasteiger partial charge >= 0.3 is 5.97 Å². The topological polar surface area (TPSA) is 75.3 Å². The molecule has 0 amide bonds. The Bertz CT molecular complexity index is 641. The van der Waals surface area contributed by atoms with Crippen LogP contribution in [-0.4, -0.2) is 11.1 Å². The van der Waals surface area contributed by atoms with Crippen LogP contribution in [0.3, 0.4) is 0 Å². The minimum absolute atomic E-state index is 0.0637. The molecule has 0 radical (unpaired) electrons. The summed E-state index contributed by atoms with van der Waals surface area (Å²) in [5.41, 5.74) is 8.34. The highest BCUT2D eigenvalue weighted by Gasteiger charge is 2.11. The largest absolute Gasteiger partial charge is 0.478 e. The molecule has 4 nitrogen and oxygen atoms in total. The molecule has 19 heavy (non-hydrogen) atoms. The maximum atomic E-state index is 11.0. The van der Waals surface area contributed by atoms with Gasteiger partial charge in [0.1, 0.15) is 0 Å². The molecule has 0 aliphatic rings. The second-order valence-electron chi connectivity index (χ2n) is 4.18. The van der Waals surface area contributed by atoms with Gasteiger partial charge in [0.05, 0.1) is 27.6 Å². The van der Waals surface area contributed by atoms with Crippen molar-refractivity contribution in [3.63, 3.8) is 0 Å². The first kappa shape index (κ1) is 13.2. The fourth-order valence-corrected chi connectivity index (χ4v) is 1.91. The van der Waals surface area contributed by atoms with E-state index in [2.05, 4.69) is 5.32 Å². The summed E-state index contributed by atoms with van der Waals surface area (Å²) in [4.78, 5) is 11.0. The molecule has 0 bridgehead atoms. The summed E-state index contributed by atoms with van der Waals surface area (Å²) in [5, 5.41) is 12.6. The first-order valence-electron chi connectivity index (χ1n) is 5.64. The summed E-state index contributed by atoms with van der Waals surface area (Å²) >= 11 is 6.08. The molecule has 0 heterocycles. The Balaban J connectivity index is 2.41. The van der Waals surface area contributed by atoms with Gasteiger partial charge in [-0.15, -0.1) is 0 Å². The smallest absolute Gasteiger partial charge is 0.337 e. The first-order chi connectivity index (χ1) is 8.99. The van der Waals surface area contributed by atoms with Crippen LogP contribution in [-0.2, 0) is 0 Å². The molecular formula is C14H13ClN2O2. The van der Waals surface area contributed by atoms with Crippen LogP contribution in [0.25, 0.3) is 0 Å². The van der Waals surface area contributed by atoms with Crippen LogP contribution in [0, 0.1) is 6.92 Å². The average molecular weight is 277 g/mol.